The minimum atomic E-state index is -4.65. The molecule has 1 aromatic carbocycles. The molecular weight excluding hydrogens is 577 g/mol. The quantitative estimate of drug-likeness (QED) is 0.396. The molecule has 0 aliphatic carbocycles. The zero-order chi connectivity index (χ0) is 31.0. The summed E-state index contributed by atoms with van der Waals surface area (Å²) in [7, 11) is 1.29. The average Bonchev–Trinajstić information content (AvgIpc) is 3.28. The van der Waals surface area contributed by atoms with Crippen molar-refractivity contribution in [2.24, 2.45) is 11.3 Å². The maximum atomic E-state index is 14.1. The van der Waals surface area contributed by atoms with Crippen molar-refractivity contribution in [2.45, 2.75) is 84.0 Å². The Morgan fingerprint density at radius 2 is 1.90 bits per heavy atom. The number of carboxylic acids is 1. The van der Waals surface area contributed by atoms with E-state index in [-0.39, 0.29) is 18.1 Å². The highest BCUT2D eigenvalue weighted by Crippen LogP contribution is 2.51. The predicted octanol–water partition coefficient (Wildman–Crippen LogP) is 6.22. The van der Waals surface area contributed by atoms with Crippen molar-refractivity contribution in [3.63, 3.8) is 0 Å². The number of rotatable bonds is 7. The van der Waals surface area contributed by atoms with Gasteiger partial charge in [-0.2, -0.15) is 13.2 Å². The number of aliphatic carboxylic acids is 1. The number of carboxylic acid groups (broad SMARTS) is 1. The molecule has 0 spiro atoms. The number of nitrogens with zero attached hydrogens (tertiary/aromatic N) is 2. The van der Waals surface area contributed by atoms with Crippen LogP contribution in [0.15, 0.2) is 30.5 Å². The van der Waals surface area contributed by atoms with Crippen molar-refractivity contribution in [3.8, 4) is 5.88 Å². The van der Waals surface area contributed by atoms with E-state index in [0.29, 0.717) is 29.8 Å². The number of aryl methyl sites for hydroxylation is 1. The third-order valence-corrected chi connectivity index (χ3v) is 8.24. The van der Waals surface area contributed by atoms with E-state index in [2.05, 4.69) is 4.98 Å². The molecule has 1 N–H and O–H groups in total. The molecule has 2 saturated heterocycles. The molecule has 1 amide bonds. The first-order valence-corrected chi connectivity index (χ1v) is 14.2. The first kappa shape index (κ1) is 32.0. The highest BCUT2D eigenvalue weighted by atomic mass is 35.5. The zero-order valence-corrected chi connectivity index (χ0v) is 25.0. The summed E-state index contributed by atoms with van der Waals surface area (Å²) in [5.41, 5.74) is -0.315. The summed E-state index contributed by atoms with van der Waals surface area (Å²) < 4.78 is 58.0. The lowest BCUT2D eigenvalue weighted by Gasteiger charge is -2.35. The van der Waals surface area contributed by atoms with Gasteiger partial charge >= 0.3 is 12.1 Å². The van der Waals surface area contributed by atoms with Gasteiger partial charge in [0, 0.05) is 29.3 Å². The lowest BCUT2D eigenvalue weighted by Crippen LogP contribution is -2.51. The van der Waals surface area contributed by atoms with Crippen LogP contribution in [-0.4, -0.2) is 58.8 Å². The van der Waals surface area contributed by atoms with Gasteiger partial charge in [-0.25, -0.2) is 9.78 Å². The second-order valence-electron chi connectivity index (χ2n) is 11.9. The van der Waals surface area contributed by atoms with Crippen LogP contribution in [-0.2, 0) is 31.8 Å². The van der Waals surface area contributed by atoms with Crippen molar-refractivity contribution in [1.29, 1.82) is 0 Å². The van der Waals surface area contributed by atoms with Gasteiger partial charge in [0.1, 0.15) is 12.1 Å². The number of benzene rings is 1. The number of likely N-dealkylation sites (tertiary alicyclic amines) is 1. The first-order chi connectivity index (χ1) is 19.6. The Hall–Kier alpha value is -2.89. The molecule has 2 aromatic rings. The van der Waals surface area contributed by atoms with E-state index < -0.39 is 59.2 Å². The van der Waals surface area contributed by atoms with E-state index in [1.165, 1.54) is 12.0 Å². The van der Waals surface area contributed by atoms with Crippen LogP contribution in [0.3, 0.4) is 0 Å². The largest absolute Gasteiger partial charge is 0.481 e. The topological polar surface area (TPSA) is 98.2 Å². The molecule has 230 valence electrons. The molecule has 8 nitrogen and oxygen atoms in total. The zero-order valence-electron chi connectivity index (χ0n) is 24.2. The number of amides is 1. The van der Waals surface area contributed by atoms with Gasteiger partial charge < -0.3 is 24.2 Å². The number of carbonyl (C=O) groups is 2. The minimum absolute atomic E-state index is 0.0359. The molecule has 4 rings (SSSR count). The minimum Gasteiger partial charge on any atom is -0.481 e. The SMILES string of the molecule is COc1ncc(C(F)(F)F)cc1CO[C@H]1[C@H](C(C)(C)C)[C@@H](C(=O)O)N(C(=O)[C@@H]2CCCCO2)[C@H]1c1cc(Cl)ccc1C. The van der Waals surface area contributed by atoms with Crippen LogP contribution in [0.25, 0.3) is 0 Å². The highest BCUT2D eigenvalue weighted by Gasteiger charge is 2.59. The highest BCUT2D eigenvalue weighted by molar-refractivity contribution is 6.30. The molecule has 2 aliphatic rings. The van der Waals surface area contributed by atoms with E-state index in [1.807, 2.05) is 27.7 Å². The predicted molar refractivity (Wildman–Crippen MR) is 148 cm³/mol. The number of alkyl halides is 3. The fourth-order valence-corrected chi connectivity index (χ4v) is 6.25. The molecule has 12 heteroatoms. The number of ether oxygens (including phenoxy) is 3. The number of aromatic nitrogens is 1. The maximum Gasteiger partial charge on any atom is 0.417 e. The summed E-state index contributed by atoms with van der Waals surface area (Å²) >= 11 is 6.40. The van der Waals surface area contributed by atoms with Crippen LogP contribution in [0.2, 0.25) is 5.02 Å². The van der Waals surface area contributed by atoms with Gasteiger partial charge in [0.2, 0.25) is 5.88 Å². The molecule has 0 radical (unpaired) electrons. The number of carbonyl (C=O) groups excluding carboxylic acids is 1. The summed E-state index contributed by atoms with van der Waals surface area (Å²) in [5, 5.41) is 11.0. The van der Waals surface area contributed by atoms with E-state index in [9.17, 15) is 27.9 Å². The maximum absolute atomic E-state index is 14.1. The third-order valence-electron chi connectivity index (χ3n) is 8.00. The molecule has 2 fully saturated rings. The van der Waals surface area contributed by atoms with E-state index in [0.717, 1.165) is 24.5 Å². The summed E-state index contributed by atoms with van der Waals surface area (Å²) in [6.07, 6.45) is -3.74. The monoisotopic (exact) mass is 612 g/mol. The number of hydrogen-bond donors (Lipinski definition) is 1. The van der Waals surface area contributed by atoms with Crippen LogP contribution in [0.1, 0.15) is 68.3 Å². The molecule has 0 unspecified atom stereocenters. The Balaban J connectivity index is 1.87. The smallest absolute Gasteiger partial charge is 0.417 e. The normalized spacial score (nSPS) is 25.0. The van der Waals surface area contributed by atoms with Crippen LogP contribution >= 0.6 is 11.6 Å². The third kappa shape index (κ3) is 6.53. The van der Waals surface area contributed by atoms with Gasteiger partial charge in [-0.05, 0) is 60.9 Å². The molecule has 1 aromatic heterocycles. The molecule has 0 saturated carbocycles. The molecule has 42 heavy (non-hydrogen) atoms. The van der Waals surface area contributed by atoms with Gasteiger partial charge in [-0.1, -0.05) is 38.4 Å². The number of pyridine rings is 1. The van der Waals surface area contributed by atoms with Crippen LogP contribution in [0.4, 0.5) is 13.2 Å². The lowest BCUT2D eigenvalue weighted by atomic mass is 9.73. The van der Waals surface area contributed by atoms with Gasteiger partial charge in [0.25, 0.3) is 5.91 Å². The van der Waals surface area contributed by atoms with E-state index in [4.69, 9.17) is 25.8 Å². The Morgan fingerprint density at radius 1 is 1.19 bits per heavy atom. The summed E-state index contributed by atoms with van der Waals surface area (Å²) in [6, 6.07) is 3.82. The second kappa shape index (κ2) is 12.4. The Morgan fingerprint density at radius 3 is 2.48 bits per heavy atom. The van der Waals surface area contributed by atoms with Crippen molar-refractivity contribution < 1.29 is 42.1 Å². The van der Waals surface area contributed by atoms with Crippen LogP contribution < -0.4 is 4.74 Å². The molecular formula is C30H36ClF3N2O6. The van der Waals surface area contributed by atoms with Crippen molar-refractivity contribution >= 4 is 23.5 Å². The van der Waals surface area contributed by atoms with Gasteiger partial charge in [-0.3, -0.25) is 4.79 Å². The molecule has 3 heterocycles. The molecule has 0 bridgehead atoms. The lowest BCUT2D eigenvalue weighted by molar-refractivity contribution is -0.159. The Bertz CT molecular complexity index is 1310. The van der Waals surface area contributed by atoms with Crippen molar-refractivity contribution in [3.05, 3.63) is 57.7 Å². The fourth-order valence-electron chi connectivity index (χ4n) is 6.07. The van der Waals surface area contributed by atoms with E-state index in [1.54, 1.807) is 18.2 Å². The van der Waals surface area contributed by atoms with Crippen molar-refractivity contribution in [1.82, 2.24) is 9.88 Å². The summed E-state index contributed by atoms with van der Waals surface area (Å²) in [5.74, 6) is -2.50. The number of hydrogen-bond acceptors (Lipinski definition) is 6. The first-order valence-electron chi connectivity index (χ1n) is 13.8. The molecule has 2 aliphatic heterocycles. The fraction of sp³-hybridized carbons (Fsp3) is 0.567. The van der Waals surface area contributed by atoms with Crippen LogP contribution in [0, 0.1) is 18.3 Å². The van der Waals surface area contributed by atoms with E-state index >= 15 is 0 Å². The molecule has 5 atom stereocenters. The second-order valence-corrected chi connectivity index (χ2v) is 12.3. The van der Waals surface area contributed by atoms with Gasteiger partial charge in [-0.15, -0.1) is 0 Å². The Kier molecular flexibility index (Phi) is 9.44. The Labute approximate surface area is 248 Å². The average molecular weight is 613 g/mol. The summed E-state index contributed by atoms with van der Waals surface area (Å²) in [6.45, 7) is 7.38. The number of methoxy groups -OCH3 is 1. The van der Waals surface area contributed by atoms with Gasteiger partial charge in [0.05, 0.1) is 31.4 Å². The van der Waals surface area contributed by atoms with Gasteiger partial charge in [0.15, 0.2) is 0 Å². The summed E-state index contributed by atoms with van der Waals surface area (Å²) in [4.78, 5) is 32.3. The van der Waals surface area contributed by atoms with Crippen LogP contribution in [0.5, 0.6) is 5.88 Å². The number of halogens is 4. The van der Waals surface area contributed by atoms with Crippen molar-refractivity contribution in [2.75, 3.05) is 13.7 Å². The standard InChI is InChI=1S/C30H36ClF3N2O6/c1-16-9-10-19(31)13-20(16)23-25(42-15-17-12-18(30(32,33)34)14-35-26(17)40-5)22(29(2,3)4)24(28(38)39)36(23)27(37)21-8-6-7-11-41-21/h9-10,12-14,21-25H,6-8,11,15H2,1-5H3,(H,38,39)/t21-,22+,23-,24-,25-/m0/s1.